The van der Waals surface area contributed by atoms with Crippen LogP contribution in [-0.2, 0) is 9.57 Å². The minimum Gasteiger partial charge on any atom is -0.438 e. The molecule has 0 aromatic rings. The summed E-state index contributed by atoms with van der Waals surface area (Å²) in [5, 5.41) is 0. The molecule has 0 radical (unpaired) electrons. The molecule has 0 aliphatic rings. The highest BCUT2D eigenvalue weighted by Gasteiger charge is 2.29. The van der Waals surface area contributed by atoms with Crippen LogP contribution in [0.15, 0.2) is 0 Å². The smallest absolute Gasteiger partial charge is 0.431 e. The molecule has 0 saturated heterocycles. The molecule has 0 aromatic carbocycles. The molecule has 14 heavy (non-hydrogen) atoms. The first kappa shape index (κ1) is 13.0. The summed E-state index contributed by atoms with van der Waals surface area (Å²) in [4.78, 5) is 15.2. The Hall–Kier alpha value is -0.980. The lowest BCUT2D eigenvalue weighted by molar-refractivity contribution is -0.164. The molecule has 0 spiro atoms. The van der Waals surface area contributed by atoms with Crippen LogP contribution in [0.1, 0.15) is 20.8 Å². The Bertz CT molecular complexity index is 177. The lowest BCUT2D eigenvalue weighted by Crippen LogP contribution is -2.35. The van der Waals surface area contributed by atoms with Gasteiger partial charge in [-0.1, -0.05) is 0 Å². The van der Waals surface area contributed by atoms with Crippen molar-refractivity contribution in [1.29, 1.82) is 0 Å². The van der Waals surface area contributed by atoms with E-state index >= 15 is 0 Å². The third-order valence-electron chi connectivity index (χ3n) is 0.807. The molecule has 0 saturated carbocycles. The second-order valence-electron chi connectivity index (χ2n) is 3.51. The van der Waals surface area contributed by atoms with Gasteiger partial charge in [0, 0.05) is 0 Å². The van der Waals surface area contributed by atoms with Crippen LogP contribution in [0, 0.1) is 0 Å². The number of nitrogens with one attached hydrogen (secondary N) is 1. The van der Waals surface area contributed by atoms with Crippen LogP contribution in [0.25, 0.3) is 0 Å². The number of hydrogen-bond donors (Lipinski definition) is 1. The topological polar surface area (TPSA) is 47.6 Å². The number of hydroxylamine groups is 1. The Labute approximate surface area is 79.3 Å². The van der Waals surface area contributed by atoms with Crippen LogP contribution in [0.5, 0.6) is 0 Å². The maximum Gasteiger partial charge on any atom is 0.431 e. The molecule has 0 rings (SSSR count). The van der Waals surface area contributed by atoms with Gasteiger partial charge in [-0.3, -0.25) is 4.84 Å². The first-order valence-electron chi connectivity index (χ1n) is 3.78. The number of carbonyl (C=O) groups excluding carboxylic acids is 1. The minimum absolute atomic E-state index is 0.683. The summed E-state index contributed by atoms with van der Waals surface area (Å²) in [6.07, 6.45) is -5.80. The summed E-state index contributed by atoms with van der Waals surface area (Å²) in [5.74, 6) is 0. The molecule has 0 atom stereocenters. The molecule has 0 aliphatic carbocycles. The minimum atomic E-state index is -4.53. The largest absolute Gasteiger partial charge is 0.438 e. The highest BCUT2D eigenvalue weighted by Crippen LogP contribution is 2.14. The first-order chi connectivity index (χ1) is 6.10. The summed E-state index contributed by atoms with van der Waals surface area (Å²) in [7, 11) is 0. The van der Waals surface area contributed by atoms with Crippen molar-refractivity contribution >= 4 is 6.09 Å². The molecule has 0 aliphatic heterocycles. The normalized spacial score (nSPS) is 12.4. The predicted molar refractivity (Wildman–Crippen MR) is 41.4 cm³/mol. The average Bonchev–Trinajstić information content (AvgIpc) is 1.94. The molecule has 0 heterocycles. The van der Waals surface area contributed by atoms with Gasteiger partial charge >= 0.3 is 12.3 Å². The maximum absolute atomic E-state index is 11.5. The number of carbonyl (C=O) groups is 1. The first-order valence-corrected chi connectivity index (χ1v) is 3.78. The van der Waals surface area contributed by atoms with E-state index in [1.807, 2.05) is 0 Å². The van der Waals surface area contributed by atoms with E-state index in [1.165, 1.54) is 0 Å². The zero-order chi connectivity index (χ0) is 11.4. The van der Waals surface area contributed by atoms with Crippen LogP contribution < -0.4 is 5.48 Å². The van der Waals surface area contributed by atoms with Crippen molar-refractivity contribution in [3.63, 3.8) is 0 Å². The molecule has 0 fully saturated rings. The Morgan fingerprint density at radius 1 is 1.29 bits per heavy atom. The molecule has 0 bridgehead atoms. The highest BCUT2D eigenvalue weighted by atomic mass is 19.4. The van der Waals surface area contributed by atoms with Gasteiger partial charge in [0.1, 0.15) is 0 Å². The molecule has 4 nitrogen and oxygen atoms in total. The van der Waals surface area contributed by atoms with Crippen LogP contribution in [0.2, 0.25) is 0 Å². The van der Waals surface area contributed by atoms with Gasteiger partial charge in [0.05, 0.1) is 5.60 Å². The van der Waals surface area contributed by atoms with Crippen molar-refractivity contribution in [2.45, 2.75) is 32.5 Å². The van der Waals surface area contributed by atoms with E-state index in [-0.39, 0.29) is 0 Å². The van der Waals surface area contributed by atoms with E-state index in [9.17, 15) is 18.0 Å². The van der Waals surface area contributed by atoms with Crippen molar-refractivity contribution in [2.24, 2.45) is 0 Å². The van der Waals surface area contributed by atoms with Gasteiger partial charge in [0.15, 0.2) is 6.61 Å². The van der Waals surface area contributed by atoms with Crippen LogP contribution in [0.4, 0.5) is 18.0 Å². The lowest BCUT2D eigenvalue weighted by atomic mass is 10.2. The van der Waals surface area contributed by atoms with Crippen molar-refractivity contribution in [2.75, 3.05) is 6.61 Å². The Morgan fingerprint density at radius 3 is 2.14 bits per heavy atom. The van der Waals surface area contributed by atoms with E-state index in [0.29, 0.717) is 0 Å². The van der Waals surface area contributed by atoms with Crippen molar-refractivity contribution in [3.05, 3.63) is 0 Å². The quantitative estimate of drug-likeness (QED) is 0.716. The molecule has 1 N–H and O–H groups in total. The van der Waals surface area contributed by atoms with E-state index in [0.717, 1.165) is 0 Å². The van der Waals surface area contributed by atoms with E-state index in [1.54, 1.807) is 26.3 Å². The number of halogens is 3. The molecular formula is C7H12F3NO3. The summed E-state index contributed by atoms with van der Waals surface area (Å²) >= 11 is 0. The van der Waals surface area contributed by atoms with E-state index in [4.69, 9.17) is 0 Å². The third-order valence-corrected chi connectivity index (χ3v) is 0.807. The van der Waals surface area contributed by atoms with Crippen LogP contribution in [-0.4, -0.2) is 24.5 Å². The Kier molecular flexibility index (Phi) is 4.18. The zero-order valence-corrected chi connectivity index (χ0v) is 8.07. The summed E-state index contributed by atoms with van der Waals surface area (Å²) in [6, 6.07) is 0. The molecule has 0 aromatic heterocycles. The van der Waals surface area contributed by atoms with Gasteiger partial charge in [0.2, 0.25) is 0 Å². The maximum atomic E-state index is 11.5. The molecule has 0 unspecified atom stereocenters. The fourth-order valence-corrected chi connectivity index (χ4v) is 0.372. The highest BCUT2D eigenvalue weighted by molar-refractivity contribution is 5.65. The second-order valence-corrected chi connectivity index (χ2v) is 3.51. The Balaban J connectivity index is 3.68. The van der Waals surface area contributed by atoms with E-state index in [2.05, 4.69) is 9.57 Å². The van der Waals surface area contributed by atoms with Gasteiger partial charge in [-0.2, -0.15) is 18.7 Å². The van der Waals surface area contributed by atoms with Crippen LogP contribution in [0.3, 0.4) is 0 Å². The predicted octanol–water partition coefficient (Wildman–Crippen LogP) is 2.00. The number of rotatable bonds is 2. The number of amides is 1. The van der Waals surface area contributed by atoms with Gasteiger partial charge in [-0.25, -0.2) is 4.79 Å². The fourth-order valence-electron chi connectivity index (χ4n) is 0.372. The summed E-state index contributed by atoms with van der Waals surface area (Å²) < 4.78 is 38.4. The SMILES string of the molecule is CC(C)(C)ONC(=O)OCC(F)(F)F. The average molecular weight is 215 g/mol. The number of alkyl halides is 3. The van der Waals surface area contributed by atoms with Gasteiger partial charge in [-0.05, 0) is 20.8 Å². The molecule has 84 valence electrons. The summed E-state index contributed by atoms with van der Waals surface area (Å²) in [5.41, 5.74) is 1.05. The molecule has 7 heteroatoms. The second kappa shape index (κ2) is 4.50. The van der Waals surface area contributed by atoms with Gasteiger partial charge in [0.25, 0.3) is 0 Å². The van der Waals surface area contributed by atoms with Crippen molar-refractivity contribution in [3.8, 4) is 0 Å². The van der Waals surface area contributed by atoms with E-state index < -0.39 is 24.5 Å². The molecular weight excluding hydrogens is 203 g/mol. The third kappa shape index (κ3) is 9.11. The van der Waals surface area contributed by atoms with Crippen LogP contribution >= 0.6 is 0 Å². The monoisotopic (exact) mass is 215 g/mol. The number of hydrogen-bond acceptors (Lipinski definition) is 3. The fraction of sp³-hybridized carbons (Fsp3) is 0.857. The zero-order valence-electron chi connectivity index (χ0n) is 8.07. The van der Waals surface area contributed by atoms with Gasteiger partial charge < -0.3 is 4.74 Å². The standard InChI is InChI=1S/C7H12F3NO3/c1-6(2,3)14-11-5(12)13-4-7(8,9)10/h4H2,1-3H3,(H,11,12). The van der Waals surface area contributed by atoms with Gasteiger partial charge in [-0.15, -0.1) is 0 Å². The van der Waals surface area contributed by atoms with Crippen molar-refractivity contribution < 1.29 is 27.5 Å². The Morgan fingerprint density at radius 2 is 1.79 bits per heavy atom. The van der Waals surface area contributed by atoms with Crippen molar-refractivity contribution in [1.82, 2.24) is 5.48 Å². The molecule has 1 amide bonds. The lowest BCUT2D eigenvalue weighted by Gasteiger charge is -2.18. The number of ether oxygens (including phenoxy) is 1. The summed E-state index contributed by atoms with van der Waals surface area (Å²) in [6.45, 7) is 3.23.